The number of nitrogens with one attached hydrogen (secondary N) is 1. The Kier molecular flexibility index (Phi) is 2.73. The molecule has 19 heavy (non-hydrogen) atoms. The molecular formula is C13H17N3O3. The van der Waals surface area contributed by atoms with Crippen LogP contribution < -0.4 is 15.6 Å². The molecule has 3 heterocycles. The van der Waals surface area contributed by atoms with Crippen LogP contribution in [0.4, 0.5) is 0 Å². The van der Waals surface area contributed by atoms with E-state index < -0.39 is 0 Å². The number of pyridine rings is 1. The minimum Gasteiger partial charge on any atom is -0.491 e. The molecule has 1 saturated heterocycles. The topological polar surface area (TPSA) is 63.6 Å². The summed E-state index contributed by atoms with van der Waals surface area (Å²) < 4.78 is 6.71. The molecule has 2 aliphatic rings. The minimum atomic E-state index is -0.271. The average Bonchev–Trinajstić information content (AvgIpc) is 2.40. The molecule has 6 heteroatoms. The maximum atomic E-state index is 12.6. The lowest BCUT2D eigenvalue weighted by Crippen LogP contribution is -2.57. The van der Waals surface area contributed by atoms with Gasteiger partial charge in [-0.3, -0.25) is 14.3 Å². The van der Waals surface area contributed by atoms with Gasteiger partial charge in [0, 0.05) is 18.8 Å². The Balaban J connectivity index is 2.09. The summed E-state index contributed by atoms with van der Waals surface area (Å²) in [6, 6.07) is 1.41. The van der Waals surface area contributed by atoms with Crippen LogP contribution in [0.3, 0.4) is 0 Å². The van der Waals surface area contributed by atoms with Crippen molar-refractivity contribution in [2.45, 2.75) is 25.9 Å². The largest absolute Gasteiger partial charge is 0.491 e. The lowest BCUT2D eigenvalue weighted by Gasteiger charge is -2.43. The molecule has 1 fully saturated rings. The molecule has 1 amide bonds. The van der Waals surface area contributed by atoms with E-state index in [0.29, 0.717) is 18.2 Å². The van der Waals surface area contributed by atoms with Crippen LogP contribution in [-0.4, -0.2) is 35.3 Å². The molecule has 1 N–H and O–H groups in total. The second-order valence-electron chi connectivity index (χ2n) is 5.22. The van der Waals surface area contributed by atoms with Crippen LogP contribution in [-0.2, 0) is 0 Å². The third kappa shape index (κ3) is 1.78. The monoisotopic (exact) mass is 263 g/mol. The molecule has 1 unspecified atom stereocenters. The molecule has 2 atom stereocenters. The molecule has 6 nitrogen and oxygen atoms in total. The summed E-state index contributed by atoms with van der Waals surface area (Å²) in [7, 11) is 1.41. The Morgan fingerprint density at radius 1 is 1.37 bits per heavy atom. The van der Waals surface area contributed by atoms with Gasteiger partial charge in [0.1, 0.15) is 6.17 Å². The van der Waals surface area contributed by atoms with Crippen LogP contribution in [0.2, 0.25) is 0 Å². The first-order chi connectivity index (χ1) is 9.11. The zero-order chi connectivity index (χ0) is 13.6. The molecule has 0 bridgehead atoms. The van der Waals surface area contributed by atoms with Gasteiger partial charge in [-0.2, -0.15) is 0 Å². The summed E-state index contributed by atoms with van der Waals surface area (Å²) in [5.41, 5.74) is 3.28. The summed E-state index contributed by atoms with van der Waals surface area (Å²) in [4.78, 5) is 26.1. The molecule has 1 aromatic rings. The van der Waals surface area contributed by atoms with Crippen molar-refractivity contribution in [3.63, 3.8) is 0 Å². The first-order valence-corrected chi connectivity index (χ1v) is 6.49. The first-order valence-electron chi connectivity index (χ1n) is 6.49. The van der Waals surface area contributed by atoms with Crippen LogP contribution >= 0.6 is 0 Å². The van der Waals surface area contributed by atoms with Gasteiger partial charge in [-0.25, -0.2) is 0 Å². The fourth-order valence-electron chi connectivity index (χ4n) is 2.83. The number of hydrogen-bond acceptors (Lipinski definition) is 4. The number of piperidine rings is 1. The number of hydrogen-bond donors (Lipinski definition) is 1. The predicted molar refractivity (Wildman–Crippen MR) is 69.8 cm³/mol. The normalized spacial score (nSPS) is 25.4. The Morgan fingerprint density at radius 2 is 2.16 bits per heavy atom. The highest BCUT2D eigenvalue weighted by Crippen LogP contribution is 2.28. The standard InChI is InChI=1S/C13H17N3O3/c1-8-3-4-10-14-16-6-5-9(17)12(19-2)11(16)13(18)15(10)7-8/h5-6,8,10,14H,3-4,7H2,1-2H3/t8-,10?/m1/s1. The number of ether oxygens (including phenoxy) is 1. The van der Waals surface area contributed by atoms with Crippen LogP contribution in [0.15, 0.2) is 17.1 Å². The Bertz CT molecular complexity index is 581. The molecule has 0 spiro atoms. The van der Waals surface area contributed by atoms with Crippen LogP contribution in [0, 0.1) is 5.92 Å². The van der Waals surface area contributed by atoms with Crippen molar-refractivity contribution in [3.8, 4) is 5.75 Å². The number of rotatable bonds is 1. The SMILES string of the molecule is COc1c2n(ccc1=O)NC1CC[C@@H](C)CN1C2=O. The van der Waals surface area contributed by atoms with Crippen molar-refractivity contribution in [1.82, 2.24) is 9.58 Å². The van der Waals surface area contributed by atoms with E-state index >= 15 is 0 Å². The first kappa shape index (κ1) is 12.1. The summed E-state index contributed by atoms with van der Waals surface area (Å²) in [6.07, 6.45) is 3.60. The maximum absolute atomic E-state index is 12.6. The van der Waals surface area contributed by atoms with E-state index in [0.717, 1.165) is 12.8 Å². The van der Waals surface area contributed by atoms with Crippen LogP contribution in [0.25, 0.3) is 0 Å². The van der Waals surface area contributed by atoms with Gasteiger partial charge in [0.05, 0.1) is 7.11 Å². The quantitative estimate of drug-likeness (QED) is 0.806. The number of amides is 1. The van der Waals surface area contributed by atoms with Crippen molar-refractivity contribution in [2.24, 2.45) is 5.92 Å². The summed E-state index contributed by atoms with van der Waals surface area (Å²) in [5.74, 6) is 0.455. The van der Waals surface area contributed by atoms with Crippen LogP contribution in [0.1, 0.15) is 30.3 Å². The van der Waals surface area contributed by atoms with E-state index in [1.54, 1.807) is 15.8 Å². The highest BCUT2D eigenvalue weighted by Gasteiger charge is 2.37. The predicted octanol–water partition coefficient (Wildman–Crippen LogP) is 0.612. The van der Waals surface area contributed by atoms with Gasteiger partial charge in [0.25, 0.3) is 5.91 Å². The Labute approximate surface area is 110 Å². The second-order valence-corrected chi connectivity index (χ2v) is 5.22. The number of carbonyl (C=O) groups is 1. The van der Waals surface area contributed by atoms with Crippen molar-refractivity contribution < 1.29 is 9.53 Å². The minimum absolute atomic E-state index is 0.00316. The van der Waals surface area contributed by atoms with E-state index in [1.165, 1.54) is 13.2 Å². The van der Waals surface area contributed by atoms with Crippen molar-refractivity contribution in [3.05, 3.63) is 28.2 Å². The van der Waals surface area contributed by atoms with Gasteiger partial charge in [-0.1, -0.05) is 6.92 Å². The number of fused-ring (bicyclic) bond motifs is 2. The number of aromatic nitrogens is 1. The smallest absolute Gasteiger partial charge is 0.278 e. The molecule has 102 valence electrons. The van der Waals surface area contributed by atoms with Gasteiger partial charge in [0.2, 0.25) is 5.43 Å². The van der Waals surface area contributed by atoms with Gasteiger partial charge in [0.15, 0.2) is 11.4 Å². The third-order valence-corrected chi connectivity index (χ3v) is 3.83. The fourth-order valence-corrected chi connectivity index (χ4v) is 2.83. The summed E-state index contributed by atoms with van der Waals surface area (Å²) in [6.45, 7) is 2.84. The van der Waals surface area contributed by atoms with E-state index in [9.17, 15) is 9.59 Å². The Morgan fingerprint density at radius 3 is 2.89 bits per heavy atom. The van der Waals surface area contributed by atoms with Gasteiger partial charge >= 0.3 is 0 Å². The lowest BCUT2D eigenvalue weighted by atomic mass is 9.97. The summed E-state index contributed by atoms with van der Waals surface area (Å²) >= 11 is 0. The number of nitrogens with zero attached hydrogens (tertiary/aromatic N) is 2. The zero-order valence-electron chi connectivity index (χ0n) is 11.0. The average molecular weight is 263 g/mol. The van der Waals surface area contributed by atoms with Crippen molar-refractivity contribution >= 4 is 5.91 Å². The molecule has 0 radical (unpaired) electrons. The molecule has 0 saturated carbocycles. The van der Waals surface area contributed by atoms with Gasteiger partial charge in [-0.15, -0.1) is 0 Å². The van der Waals surface area contributed by atoms with E-state index in [4.69, 9.17) is 4.74 Å². The van der Waals surface area contributed by atoms with Crippen LogP contribution in [0.5, 0.6) is 5.75 Å². The maximum Gasteiger partial charge on any atom is 0.278 e. The summed E-state index contributed by atoms with van der Waals surface area (Å²) in [5, 5.41) is 0. The van der Waals surface area contributed by atoms with Crippen molar-refractivity contribution in [2.75, 3.05) is 19.1 Å². The third-order valence-electron chi connectivity index (χ3n) is 3.83. The van der Waals surface area contributed by atoms with E-state index in [1.807, 2.05) is 0 Å². The molecule has 3 rings (SSSR count). The fraction of sp³-hybridized carbons (Fsp3) is 0.538. The Hall–Kier alpha value is -1.98. The van der Waals surface area contributed by atoms with Gasteiger partial charge in [-0.05, 0) is 18.8 Å². The number of methoxy groups -OCH3 is 1. The molecule has 1 aromatic heterocycles. The van der Waals surface area contributed by atoms with E-state index in [-0.39, 0.29) is 23.3 Å². The lowest BCUT2D eigenvalue weighted by molar-refractivity contribution is 0.0502. The molecule has 0 aliphatic carbocycles. The second kappa shape index (κ2) is 4.29. The molecule has 0 aromatic carbocycles. The molecular weight excluding hydrogens is 246 g/mol. The highest BCUT2D eigenvalue weighted by atomic mass is 16.5. The highest BCUT2D eigenvalue weighted by molar-refractivity contribution is 5.96. The van der Waals surface area contributed by atoms with Crippen molar-refractivity contribution in [1.29, 1.82) is 0 Å². The molecule has 2 aliphatic heterocycles. The van der Waals surface area contributed by atoms with E-state index in [2.05, 4.69) is 12.3 Å². The number of carbonyl (C=O) groups excluding carboxylic acids is 1. The zero-order valence-corrected chi connectivity index (χ0v) is 11.0. The van der Waals surface area contributed by atoms with Gasteiger partial charge < -0.3 is 15.1 Å².